The van der Waals surface area contributed by atoms with Crippen molar-refractivity contribution in [3.05, 3.63) is 64.4 Å². The molecule has 0 heterocycles. The molecule has 0 aliphatic carbocycles. The summed E-state index contributed by atoms with van der Waals surface area (Å²) in [5.74, 6) is -1.15. The maximum atomic E-state index is 13.7. The van der Waals surface area contributed by atoms with E-state index < -0.39 is 11.8 Å². The number of carboxylic acid groups (broad SMARTS) is 1. The summed E-state index contributed by atoms with van der Waals surface area (Å²) in [6.45, 7) is 0.405. The highest BCUT2D eigenvalue weighted by molar-refractivity contribution is 6.31. The number of halogens is 2. The van der Waals surface area contributed by atoms with Gasteiger partial charge in [0.25, 0.3) is 0 Å². The summed E-state index contributed by atoms with van der Waals surface area (Å²) in [5.41, 5.74) is 1.23. The average Bonchev–Trinajstić information content (AvgIpc) is 2.60. The predicted octanol–water partition coefficient (Wildman–Crippen LogP) is 3.58. The van der Waals surface area contributed by atoms with Crippen molar-refractivity contribution < 1.29 is 23.8 Å². The molecule has 5 nitrogen and oxygen atoms in total. The molecule has 2 aromatic rings. The maximum Gasteiger partial charge on any atom is 0.303 e. The van der Waals surface area contributed by atoms with Crippen LogP contribution < -0.4 is 10.1 Å². The maximum absolute atomic E-state index is 13.7. The number of ether oxygens (including phenoxy) is 1. The molecule has 2 N–H and O–H groups in total. The summed E-state index contributed by atoms with van der Waals surface area (Å²) in [6.07, 6.45) is 0.339. The van der Waals surface area contributed by atoms with Crippen molar-refractivity contribution in [3.8, 4) is 5.75 Å². The Kier molecular flexibility index (Phi) is 7.41. The average molecular weight is 380 g/mol. The number of nitrogens with one attached hydrogen (secondary N) is 1. The molecule has 7 heteroatoms. The smallest absolute Gasteiger partial charge is 0.303 e. The van der Waals surface area contributed by atoms with Crippen molar-refractivity contribution in [2.45, 2.75) is 25.9 Å². The fourth-order valence-electron chi connectivity index (χ4n) is 2.27. The highest BCUT2D eigenvalue weighted by Crippen LogP contribution is 2.22. The first-order chi connectivity index (χ1) is 12.5. The SMILES string of the molecule is O=C(O)CCC(=O)NCCc1cccc(OCc2c(F)cccc2Cl)c1. The van der Waals surface area contributed by atoms with Gasteiger partial charge in [-0.25, -0.2) is 4.39 Å². The number of aliphatic carboxylic acids is 1. The molecule has 0 bridgehead atoms. The van der Waals surface area contributed by atoms with Gasteiger partial charge in [0.1, 0.15) is 18.2 Å². The number of benzene rings is 2. The lowest BCUT2D eigenvalue weighted by molar-refractivity contribution is -0.138. The van der Waals surface area contributed by atoms with Gasteiger partial charge in [-0.1, -0.05) is 29.8 Å². The fraction of sp³-hybridized carbons (Fsp3) is 0.263. The third-order valence-electron chi connectivity index (χ3n) is 3.65. The summed E-state index contributed by atoms with van der Waals surface area (Å²) >= 11 is 5.97. The second kappa shape index (κ2) is 9.77. The zero-order valence-electron chi connectivity index (χ0n) is 14.0. The summed E-state index contributed by atoms with van der Waals surface area (Å²) in [6, 6.07) is 11.7. The first kappa shape index (κ1) is 19.7. The number of carboxylic acids is 1. The summed E-state index contributed by atoms with van der Waals surface area (Å²) in [7, 11) is 0. The molecule has 2 rings (SSSR count). The number of rotatable bonds is 9. The van der Waals surface area contributed by atoms with Gasteiger partial charge in [0.15, 0.2) is 0 Å². The summed E-state index contributed by atoms with van der Waals surface area (Å²) in [5, 5.41) is 11.5. The van der Waals surface area contributed by atoms with Gasteiger partial charge in [-0.15, -0.1) is 0 Å². The molecule has 0 spiro atoms. The van der Waals surface area contributed by atoms with Gasteiger partial charge in [0.05, 0.1) is 11.4 Å². The van der Waals surface area contributed by atoms with Gasteiger partial charge < -0.3 is 15.2 Å². The van der Waals surface area contributed by atoms with Crippen LogP contribution in [0.3, 0.4) is 0 Å². The van der Waals surface area contributed by atoms with E-state index in [2.05, 4.69) is 5.32 Å². The van der Waals surface area contributed by atoms with Gasteiger partial charge >= 0.3 is 5.97 Å². The topological polar surface area (TPSA) is 75.6 Å². The number of hydrogen-bond acceptors (Lipinski definition) is 3. The zero-order valence-corrected chi connectivity index (χ0v) is 14.8. The second-order valence-electron chi connectivity index (χ2n) is 5.63. The lowest BCUT2D eigenvalue weighted by Gasteiger charge is -2.10. The molecular formula is C19H19ClFNO4. The van der Waals surface area contributed by atoms with E-state index in [0.717, 1.165) is 5.56 Å². The van der Waals surface area contributed by atoms with Crippen molar-refractivity contribution in [2.24, 2.45) is 0 Å². The Morgan fingerprint density at radius 1 is 1.15 bits per heavy atom. The van der Waals surface area contributed by atoms with Gasteiger partial charge in [-0.2, -0.15) is 0 Å². The molecule has 0 saturated heterocycles. The van der Waals surface area contributed by atoms with E-state index in [4.69, 9.17) is 21.4 Å². The van der Waals surface area contributed by atoms with Crippen molar-refractivity contribution in [3.63, 3.8) is 0 Å². The van der Waals surface area contributed by atoms with E-state index in [0.29, 0.717) is 29.3 Å². The van der Waals surface area contributed by atoms with Crippen LogP contribution in [0.2, 0.25) is 5.02 Å². The van der Waals surface area contributed by atoms with E-state index in [1.165, 1.54) is 12.1 Å². The van der Waals surface area contributed by atoms with Crippen molar-refractivity contribution in [1.82, 2.24) is 5.32 Å². The van der Waals surface area contributed by atoms with Gasteiger partial charge in [-0.05, 0) is 36.2 Å². The molecule has 0 aliphatic rings. The highest BCUT2D eigenvalue weighted by Gasteiger charge is 2.08. The number of hydrogen-bond donors (Lipinski definition) is 2. The normalized spacial score (nSPS) is 10.4. The second-order valence-corrected chi connectivity index (χ2v) is 6.04. The molecular weight excluding hydrogens is 361 g/mol. The largest absolute Gasteiger partial charge is 0.489 e. The Morgan fingerprint density at radius 3 is 2.65 bits per heavy atom. The third-order valence-corrected chi connectivity index (χ3v) is 4.00. The van der Waals surface area contributed by atoms with Crippen molar-refractivity contribution >= 4 is 23.5 Å². The molecule has 1 amide bonds. The summed E-state index contributed by atoms with van der Waals surface area (Å²) in [4.78, 5) is 21.9. The minimum absolute atomic E-state index is 0.0148. The van der Waals surface area contributed by atoms with Gasteiger partial charge in [0.2, 0.25) is 5.91 Å². The Bertz CT molecular complexity index is 762. The van der Waals surface area contributed by atoms with Gasteiger partial charge in [0, 0.05) is 18.5 Å². The van der Waals surface area contributed by atoms with Crippen LogP contribution >= 0.6 is 11.6 Å². The Morgan fingerprint density at radius 2 is 1.92 bits per heavy atom. The Hall–Kier alpha value is -2.60. The fourth-order valence-corrected chi connectivity index (χ4v) is 2.49. The van der Waals surface area contributed by atoms with E-state index in [-0.39, 0.29) is 25.4 Å². The van der Waals surface area contributed by atoms with Crippen LogP contribution in [0.25, 0.3) is 0 Å². The van der Waals surface area contributed by atoms with Gasteiger partial charge in [-0.3, -0.25) is 9.59 Å². The Balaban J connectivity index is 1.84. The highest BCUT2D eigenvalue weighted by atomic mass is 35.5. The monoisotopic (exact) mass is 379 g/mol. The predicted molar refractivity (Wildman–Crippen MR) is 95.8 cm³/mol. The number of carbonyl (C=O) groups excluding carboxylic acids is 1. The third kappa shape index (κ3) is 6.37. The van der Waals surface area contributed by atoms with E-state index >= 15 is 0 Å². The van der Waals surface area contributed by atoms with Crippen molar-refractivity contribution in [2.75, 3.05) is 6.54 Å². The molecule has 0 aliphatic heterocycles. The van der Waals surface area contributed by atoms with E-state index in [9.17, 15) is 14.0 Å². The van der Waals surface area contributed by atoms with Crippen LogP contribution in [0.15, 0.2) is 42.5 Å². The molecule has 0 radical (unpaired) electrons. The van der Waals surface area contributed by atoms with Crippen LogP contribution in [-0.2, 0) is 22.6 Å². The molecule has 0 atom stereocenters. The molecule has 0 unspecified atom stereocenters. The van der Waals surface area contributed by atoms with E-state index in [1.807, 2.05) is 6.07 Å². The molecule has 138 valence electrons. The quantitative estimate of drug-likeness (QED) is 0.698. The van der Waals surface area contributed by atoms with Crippen LogP contribution in [0.4, 0.5) is 4.39 Å². The summed E-state index contributed by atoms with van der Waals surface area (Å²) < 4.78 is 19.4. The molecule has 0 saturated carbocycles. The zero-order chi connectivity index (χ0) is 18.9. The standard InChI is InChI=1S/C19H19ClFNO4/c20-16-5-2-6-17(21)15(16)12-26-14-4-1-3-13(11-14)9-10-22-18(23)7-8-19(24)25/h1-6,11H,7-10,12H2,(H,22,23)(H,24,25). The van der Waals surface area contributed by atoms with Crippen LogP contribution in [0.5, 0.6) is 5.75 Å². The van der Waals surface area contributed by atoms with E-state index in [1.54, 1.807) is 24.3 Å². The number of amides is 1. The molecule has 26 heavy (non-hydrogen) atoms. The lowest BCUT2D eigenvalue weighted by atomic mass is 10.1. The Labute approximate surface area is 155 Å². The minimum Gasteiger partial charge on any atom is -0.489 e. The minimum atomic E-state index is -1.00. The lowest BCUT2D eigenvalue weighted by Crippen LogP contribution is -2.26. The molecule has 0 fully saturated rings. The first-order valence-electron chi connectivity index (χ1n) is 8.09. The van der Waals surface area contributed by atoms with Crippen molar-refractivity contribution in [1.29, 1.82) is 0 Å². The van der Waals surface area contributed by atoms with Crippen LogP contribution in [0.1, 0.15) is 24.0 Å². The van der Waals surface area contributed by atoms with Crippen LogP contribution in [0, 0.1) is 5.82 Å². The van der Waals surface area contributed by atoms with Crippen LogP contribution in [-0.4, -0.2) is 23.5 Å². The molecule has 0 aromatic heterocycles. The first-order valence-corrected chi connectivity index (χ1v) is 8.46. The molecule has 2 aromatic carbocycles. The number of carbonyl (C=O) groups is 2.